The molecule has 1 N–H and O–H groups in total. The molecule has 0 radical (unpaired) electrons. The summed E-state index contributed by atoms with van der Waals surface area (Å²) in [5.74, 6) is -1.65. The average Bonchev–Trinajstić information content (AvgIpc) is 1.65. The van der Waals surface area contributed by atoms with Crippen LogP contribution < -0.4 is 64.2 Å². The van der Waals surface area contributed by atoms with Gasteiger partial charge in [-0.05, 0) is 0 Å². The number of carboxylic acid groups (broad SMARTS) is 1. The fraction of sp³-hybridized carbons (Fsp3) is 0.500. The molecule has 0 saturated heterocycles. The van der Waals surface area contributed by atoms with Gasteiger partial charge in [0, 0.05) is 0 Å². The second-order valence-electron chi connectivity index (χ2n) is 0.723. The summed E-state index contributed by atoms with van der Waals surface area (Å²) in [6.07, 6.45) is 0. The van der Waals surface area contributed by atoms with E-state index in [0.29, 0.717) is 0 Å². The predicted molar refractivity (Wildman–Crippen MR) is 27.3 cm³/mol. The van der Waals surface area contributed by atoms with E-state index in [1.165, 1.54) is 0 Å². The van der Waals surface area contributed by atoms with Crippen molar-refractivity contribution in [3.8, 4) is 0 Å². The summed E-state index contributed by atoms with van der Waals surface area (Å²) >= 11 is 1.81. The minimum atomic E-state index is -2.86. The Labute approximate surface area is 116 Å². The van der Waals surface area contributed by atoms with E-state index in [4.69, 9.17) is 23.2 Å². The van der Waals surface area contributed by atoms with E-state index in [1.54, 1.807) is 0 Å². The van der Waals surface area contributed by atoms with E-state index in [2.05, 4.69) is 11.6 Å². The maximum Gasteiger partial charge on any atom is 1.00 e. The van der Waals surface area contributed by atoms with Gasteiger partial charge in [-0.2, -0.15) is 0 Å². The molecular formula is C2H3ClNa2O5S. The summed E-state index contributed by atoms with van der Waals surface area (Å²) in [5.41, 5.74) is 0. The molecule has 0 aliphatic rings. The third-order valence-electron chi connectivity index (χ3n) is 0.109. The van der Waals surface area contributed by atoms with Crippen molar-refractivity contribution in [2.24, 2.45) is 0 Å². The Balaban J connectivity index is -0.0000000383. The van der Waals surface area contributed by atoms with Crippen molar-refractivity contribution in [1.82, 2.24) is 0 Å². The molecule has 56 valence electrons. The summed E-state index contributed by atoms with van der Waals surface area (Å²) in [6, 6.07) is 0. The molecule has 0 amide bonds. The zero-order valence-corrected chi connectivity index (χ0v) is 11.6. The molecule has 11 heavy (non-hydrogen) atoms. The van der Waals surface area contributed by atoms with Crippen LogP contribution in [0.3, 0.4) is 0 Å². The van der Waals surface area contributed by atoms with Gasteiger partial charge in [-0.25, -0.2) is 4.21 Å². The van der Waals surface area contributed by atoms with Crippen LogP contribution in [0.4, 0.5) is 0 Å². The van der Waals surface area contributed by atoms with Crippen LogP contribution in [0.5, 0.6) is 0 Å². The molecule has 0 aromatic rings. The number of rotatable bonds is 1. The molecule has 0 aromatic heterocycles. The van der Waals surface area contributed by atoms with Crippen LogP contribution in [0, 0.1) is 0 Å². The molecule has 0 heterocycles. The van der Waals surface area contributed by atoms with Gasteiger partial charge in [0.1, 0.15) is 0 Å². The minimum absolute atomic E-state index is 0. The Morgan fingerprint density at radius 3 is 1.64 bits per heavy atom. The Bertz CT molecular complexity index is 107. The van der Waals surface area contributed by atoms with E-state index < -0.39 is 23.2 Å². The van der Waals surface area contributed by atoms with Crippen molar-refractivity contribution in [2.45, 2.75) is 0 Å². The molecule has 0 rings (SSSR count). The van der Waals surface area contributed by atoms with Crippen LogP contribution in [-0.4, -0.2) is 25.2 Å². The van der Waals surface area contributed by atoms with E-state index in [9.17, 15) is 0 Å². The van der Waals surface area contributed by atoms with Crippen molar-refractivity contribution in [2.75, 3.05) is 5.88 Å². The van der Waals surface area contributed by atoms with Gasteiger partial charge in [0.25, 0.3) is 0 Å². The maximum absolute atomic E-state index is 9.12. The summed E-state index contributed by atoms with van der Waals surface area (Å²) < 4.78 is 24.1. The van der Waals surface area contributed by atoms with E-state index in [1.807, 2.05) is 0 Å². The van der Waals surface area contributed by atoms with Crippen LogP contribution in [0.1, 0.15) is 0 Å². The molecule has 0 bridgehead atoms. The van der Waals surface area contributed by atoms with Crippen LogP contribution >= 0.6 is 11.6 Å². The molecule has 0 aromatic carbocycles. The number of carboxylic acids is 1. The van der Waals surface area contributed by atoms with Gasteiger partial charge in [-0.3, -0.25) is 0 Å². The fourth-order valence-electron chi connectivity index (χ4n) is 0. The number of carbonyl (C=O) groups is 1. The van der Waals surface area contributed by atoms with Crippen LogP contribution in [0.25, 0.3) is 0 Å². The molecule has 5 nitrogen and oxygen atoms in total. The van der Waals surface area contributed by atoms with Crippen LogP contribution in [-0.2, 0) is 16.2 Å². The number of halogens is 1. The second kappa shape index (κ2) is 17.8. The normalized spacial score (nSPS) is 9.00. The molecule has 1 unspecified atom stereocenters. The first-order chi connectivity index (χ1) is 4.00. The van der Waals surface area contributed by atoms with Crippen LogP contribution in [0.2, 0.25) is 0 Å². The first-order valence-electron chi connectivity index (χ1n) is 1.54. The number of aliphatic carboxylic acids is 1. The molecule has 0 fully saturated rings. The molecular weight excluding hydrogens is 218 g/mol. The predicted octanol–water partition coefficient (Wildman–Crippen LogP) is -7.68. The summed E-state index contributed by atoms with van der Waals surface area (Å²) in [7, 11) is 0. The minimum Gasteiger partial charge on any atom is -0.750 e. The Morgan fingerprint density at radius 1 is 1.55 bits per heavy atom. The van der Waals surface area contributed by atoms with Gasteiger partial charge in [0.15, 0.2) is 0 Å². The van der Waals surface area contributed by atoms with Gasteiger partial charge in [-0.1, -0.05) is 0 Å². The summed E-state index contributed by atoms with van der Waals surface area (Å²) in [6.45, 7) is 0. The maximum atomic E-state index is 9.12. The zero-order chi connectivity index (χ0) is 7.86. The summed E-state index contributed by atoms with van der Waals surface area (Å²) in [4.78, 5) is 9.12. The van der Waals surface area contributed by atoms with Crippen molar-refractivity contribution < 1.29 is 82.3 Å². The molecule has 1 atom stereocenters. The van der Waals surface area contributed by atoms with Crippen molar-refractivity contribution >= 4 is 28.9 Å². The fourth-order valence-corrected chi connectivity index (χ4v) is 0. The molecule has 0 spiro atoms. The zero-order valence-electron chi connectivity index (χ0n) is 6.07. The first-order valence-corrected chi connectivity index (χ1v) is 3.11. The van der Waals surface area contributed by atoms with E-state index >= 15 is 0 Å². The average molecular weight is 221 g/mol. The monoisotopic (exact) mass is 220 g/mol. The van der Waals surface area contributed by atoms with Gasteiger partial charge in [-0.15, -0.1) is 11.6 Å². The van der Waals surface area contributed by atoms with Gasteiger partial charge < -0.3 is 19.0 Å². The van der Waals surface area contributed by atoms with E-state index in [0.717, 1.165) is 0 Å². The topological polar surface area (TPSA) is 100 Å². The van der Waals surface area contributed by atoms with Crippen molar-refractivity contribution in [1.29, 1.82) is 0 Å². The largest absolute Gasteiger partial charge is 1.00 e. The molecule has 9 heteroatoms. The van der Waals surface area contributed by atoms with Gasteiger partial charge in [0.05, 0.1) is 23.2 Å². The van der Waals surface area contributed by atoms with Crippen molar-refractivity contribution in [3.63, 3.8) is 0 Å². The number of carbonyl (C=O) groups excluding carboxylic acids is 1. The number of hydrogen-bond donors (Lipinski definition) is 1. The SMILES string of the molecule is O=C([O-])CCl.O=S([O-])O.[Na+].[Na+]. The molecule has 0 saturated carbocycles. The van der Waals surface area contributed by atoms with Gasteiger partial charge >= 0.3 is 59.1 Å². The second-order valence-corrected chi connectivity index (χ2v) is 1.42. The number of alkyl halides is 1. The first kappa shape index (κ1) is 23.0. The van der Waals surface area contributed by atoms with E-state index in [-0.39, 0.29) is 59.1 Å². The van der Waals surface area contributed by atoms with Gasteiger partial charge in [0.2, 0.25) is 0 Å². The third-order valence-corrected chi connectivity index (χ3v) is 0.327. The van der Waals surface area contributed by atoms with Crippen molar-refractivity contribution in [3.05, 3.63) is 0 Å². The molecule has 0 aliphatic heterocycles. The summed E-state index contributed by atoms with van der Waals surface area (Å²) in [5, 5.41) is 9.12. The molecule has 0 aliphatic carbocycles. The quantitative estimate of drug-likeness (QED) is 0.269. The third kappa shape index (κ3) is 77.9. The smallest absolute Gasteiger partial charge is 0.750 e. The Kier molecular flexibility index (Phi) is 37.3. The Morgan fingerprint density at radius 2 is 1.64 bits per heavy atom. The Hall–Kier alpha value is 1.83. The van der Waals surface area contributed by atoms with Crippen LogP contribution in [0.15, 0.2) is 0 Å². The standard InChI is InChI=1S/C2H3ClO2.2Na.H2O3S/c3-1-2(4)5;;;1-4(2)3/h1H2,(H,4,5);;;(H2,1,2,3)/q;2*+1;/p-2. The number of hydrogen-bond acceptors (Lipinski definition) is 4.